The quantitative estimate of drug-likeness (QED) is 0.886. The molecule has 2 N–H and O–H groups in total. The first-order valence-electron chi connectivity index (χ1n) is 7.11. The Balaban J connectivity index is 2.25. The molecule has 3 heteroatoms. The van der Waals surface area contributed by atoms with E-state index >= 15 is 0 Å². The van der Waals surface area contributed by atoms with E-state index < -0.39 is 0 Å². The number of benzene rings is 1. The van der Waals surface area contributed by atoms with Gasteiger partial charge in [0.05, 0.1) is 13.2 Å². The Morgan fingerprint density at radius 2 is 1.95 bits per heavy atom. The molecule has 1 aliphatic carbocycles. The number of hydrogen-bond donors (Lipinski definition) is 1. The number of methoxy groups -OCH3 is 1. The third kappa shape index (κ3) is 3.87. The Morgan fingerprint density at radius 3 is 2.53 bits per heavy atom. The van der Waals surface area contributed by atoms with Crippen LogP contribution in [0, 0.1) is 0 Å². The summed E-state index contributed by atoms with van der Waals surface area (Å²) in [5.41, 5.74) is 7.03. The van der Waals surface area contributed by atoms with Gasteiger partial charge >= 0.3 is 0 Å². The van der Waals surface area contributed by atoms with Crippen molar-refractivity contribution in [1.29, 1.82) is 0 Å². The molecule has 0 aromatic heterocycles. The third-order valence-electron chi connectivity index (χ3n) is 3.51. The van der Waals surface area contributed by atoms with Crippen molar-refractivity contribution < 1.29 is 9.47 Å². The van der Waals surface area contributed by atoms with E-state index in [9.17, 15) is 0 Å². The van der Waals surface area contributed by atoms with E-state index in [1.807, 2.05) is 26.0 Å². The molecule has 1 fully saturated rings. The average molecular weight is 263 g/mol. The molecule has 1 aromatic rings. The SMILES string of the molecule is COc1cccc(CC(C)(C)N)c1OC1CCCC1. The lowest BCUT2D eigenvalue weighted by Gasteiger charge is -2.23. The van der Waals surface area contributed by atoms with Gasteiger partial charge in [-0.2, -0.15) is 0 Å². The highest BCUT2D eigenvalue weighted by Gasteiger charge is 2.22. The molecule has 0 aliphatic heterocycles. The Bertz CT molecular complexity index is 417. The van der Waals surface area contributed by atoms with Crippen LogP contribution in [0.2, 0.25) is 0 Å². The standard InChI is InChI=1S/C16H25NO2/c1-16(2,17)11-12-7-6-10-14(18-3)15(12)19-13-8-4-5-9-13/h6-7,10,13H,4-5,8-9,11,17H2,1-3H3. The van der Waals surface area contributed by atoms with E-state index in [1.165, 1.54) is 12.8 Å². The van der Waals surface area contributed by atoms with Crippen LogP contribution in [-0.4, -0.2) is 18.8 Å². The molecular weight excluding hydrogens is 238 g/mol. The summed E-state index contributed by atoms with van der Waals surface area (Å²) in [5.74, 6) is 1.70. The van der Waals surface area contributed by atoms with Gasteiger partial charge in [0.1, 0.15) is 0 Å². The molecule has 106 valence electrons. The molecule has 1 aliphatic rings. The van der Waals surface area contributed by atoms with Crippen LogP contribution in [-0.2, 0) is 6.42 Å². The summed E-state index contributed by atoms with van der Waals surface area (Å²) in [6, 6.07) is 6.04. The molecule has 1 saturated carbocycles. The average Bonchev–Trinajstić information content (AvgIpc) is 2.82. The van der Waals surface area contributed by atoms with Crippen molar-refractivity contribution in [2.24, 2.45) is 5.73 Å². The molecule has 3 nitrogen and oxygen atoms in total. The Labute approximate surface area is 116 Å². The van der Waals surface area contributed by atoms with Gasteiger partial charge in [-0.1, -0.05) is 12.1 Å². The van der Waals surface area contributed by atoms with Gasteiger partial charge in [0.25, 0.3) is 0 Å². The summed E-state index contributed by atoms with van der Waals surface area (Å²) in [5, 5.41) is 0. The lowest BCUT2D eigenvalue weighted by atomic mass is 9.95. The van der Waals surface area contributed by atoms with Crippen molar-refractivity contribution >= 4 is 0 Å². The van der Waals surface area contributed by atoms with Crippen LogP contribution in [0.25, 0.3) is 0 Å². The Hall–Kier alpha value is -1.22. The first-order valence-corrected chi connectivity index (χ1v) is 7.11. The van der Waals surface area contributed by atoms with Crippen LogP contribution >= 0.6 is 0 Å². The van der Waals surface area contributed by atoms with Crippen LogP contribution in [0.1, 0.15) is 45.1 Å². The molecule has 0 radical (unpaired) electrons. The predicted molar refractivity (Wildman–Crippen MR) is 77.8 cm³/mol. The highest BCUT2D eigenvalue weighted by molar-refractivity contribution is 5.47. The monoisotopic (exact) mass is 263 g/mol. The summed E-state index contributed by atoms with van der Waals surface area (Å²) >= 11 is 0. The van der Waals surface area contributed by atoms with E-state index in [4.69, 9.17) is 15.2 Å². The van der Waals surface area contributed by atoms with Gasteiger partial charge in [0.15, 0.2) is 11.5 Å². The van der Waals surface area contributed by atoms with Crippen LogP contribution in [0.5, 0.6) is 11.5 Å². The van der Waals surface area contributed by atoms with Gasteiger partial charge in [-0.05, 0) is 57.6 Å². The molecule has 2 rings (SSSR count). The molecule has 1 aromatic carbocycles. The summed E-state index contributed by atoms with van der Waals surface area (Å²) in [7, 11) is 1.69. The molecular formula is C16H25NO2. The molecule has 0 bridgehead atoms. The topological polar surface area (TPSA) is 44.5 Å². The summed E-state index contributed by atoms with van der Waals surface area (Å²) in [4.78, 5) is 0. The first-order chi connectivity index (χ1) is 8.99. The van der Waals surface area contributed by atoms with Gasteiger partial charge in [0.2, 0.25) is 0 Å². The second-order valence-electron chi connectivity index (χ2n) is 6.14. The fraction of sp³-hybridized carbons (Fsp3) is 0.625. The summed E-state index contributed by atoms with van der Waals surface area (Å²) < 4.78 is 11.6. The van der Waals surface area contributed by atoms with Crippen LogP contribution in [0.4, 0.5) is 0 Å². The van der Waals surface area contributed by atoms with E-state index in [0.717, 1.165) is 36.3 Å². The second-order valence-corrected chi connectivity index (χ2v) is 6.14. The minimum atomic E-state index is -0.250. The lowest BCUT2D eigenvalue weighted by molar-refractivity contribution is 0.198. The smallest absolute Gasteiger partial charge is 0.164 e. The van der Waals surface area contributed by atoms with Gasteiger partial charge in [-0.25, -0.2) is 0 Å². The van der Waals surface area contributed by atoms with Crippen molar-refractivity contribution in [2.45, 2.75) is 57.6 Å². The van der Waals surface area contributed by atoms with Crippen molar-refractivity contribution in [1.82, 2.24) is 0 Å². The van der Waals surface area contributed by atoms with Crippen LogP contribution < -0.4 is 15.2 Å². The maximum atomic E-state index is 6.19. The summed E-state index contributed by atoms with van der Waals surface area (Å²) in [6.45, 7) is 4.07. The maximum Gasteiger partial charge on any atom is 0.164 e. The minimum absolute atomic E-state index is 0.250. The van der Waals surface area contributed by atoms with Gasteiger partial charge in [-0.3, -0.25) is 0 Å². The number of nitrogens with two attached hydrogens (primary N) is 1. The van der Waals surface area contributed by atoms with E-state index in [2.05, 4.69) is 6.07 Å². The Kier molecular flexibility index (Phi) is 4.35. The van der Waals surface area contributed by atoms with E-state index in [0.29, 0.717) is 6.10 Å². The highest BCUT2D eigenvalue weighted by Crippen LogP contribution is 2.36. The van der Waals surface area contributed by atoms with Crippen LogP contribution in [0.3, 0.4) is 0 Å². The Morgan fingerprint density at radius 1 is 1.26 bits per heavy atom. The zero-order valence-electron chi connectivity index (χ0n) is 12.2. The minimum Gasteiger partial charge on any atom is -0.493 e. The maximum absolute atomic E-state index is 6.19. The molecule has 0 amide bonds. The fourth-order valence-corrected chi connectivity index (χ4v) is 2.66. The third-order valence-corrected chi connectivity index (χ3v) is 3.51. The summed E-state index contributed by atoms with van der Waals surface area (Å²) in [6.07, 6.45) is 5.92. The molecule has 0 unspecified atom stereocenters. The number of rotatable bonds is 5. The molecule has 0 atom stereocenters. The van der Waals surface area contributed by atoms with E-state index in [-0.39, 0.29) is 5.54 Å². The molecule has 19 heavy (non-hydrogen) atoms. The number of hydrogen-bond acceptors (Lipinski definition) is 3. The lowest BCUT2D eigenvalue weighted by Crippen LogP contribution is -2.34. The van der Waals surface area contributed by atoms with Crippen LogP contribution in [0.15, 0.2) is 18.2 Å². The number of para-hydroxylation sites is 1. The van der Waals surface area contributed by atoms with Crippen molar-refractivity contribution in [2.75, 3.05) is 7.11 Å². The zero-order chi connectivity index (χ0) is 13.9. The van der Waals surface area contributed by atoms with Crippen molar-refractivity contribution in [3.8, 4) is 11.5 Å². The molecule has 0 saturated heterocycles. The largest absolute Gasteiger partial charge is 0.493 e. The van der Waals surface area contributed by atoms with Crippen molar-refractivity contribution in [3.63, 3.8) is 0 Å². The molecule has 0 heterocycles. The predicted octanol–water partition coefficient (Wildman–Crippen LogP) is 3.30. The number of ether oxygens (including phenoxy) is 2. The zero-order valence-corrected chi connectivity index (χ0v) is 12.2. The second kappa shape index (κ2) is 5.83. The molecule has 0 spiro atoms. The van der Waals surface area contributed by atoms with E-state index in [1.54, 1.807) is 7.11 Å². The van der Waals surface area contributed by atoms with Crippen molar-refractivity contribution in [3.05, 3.63) is 23.8 Å². The van der Waals surface area contributed by atoms with Gasteiger partial charge in [0, 0.05) is 5.54 Å². The first kappa shape index (κ1) is 14.2. The highest BCUT2D eigenvalue weighted by atomic mass is 16.5. The van der Waals surface area contributed by atoms with Gasteiger partial charge in [-0.15, -0.1) is 0 Å². The normalized spacial score (nSPS) is 16.6. The van der Waals surface area contributed by atoms with Gasteiger partial charge < -0.3 is 15.2 Å². The fourth-order valence-electron chi connectivity index (χ4n) is 2.66.